The van der Waals surface area contributed by atoms with Crippen LogP contribution in [0.3, 0.4) is 0 Å². The molecule has 0 saturated carbocycles. The average Bonchev–Trinajstić information content (AvgIpc) is 3.45. The van der Waals surface area contributed by atoms with Gasteiger partial charge >= 0.3 is 5.97 Å². The molecule has 0 spiro atoms. The molecule has 0 aliphatic carbocycles. The van der Waals surface area contributed by atoms with Crippen molar-refractivity contribution >= 4 is 40.4 Å². The lowest BCUT2D eigenvalue weighted by atomic mass is 9.93. The molecule has 5 rings (SSSR count). The highest BCUT2D eigenvalue weighted by Crippen LogP contribution is 2.29. The first kappa shape index (κ1) is 28.6. The summed E-state index contributed by atoms with van der Waals surface area (Å²) in [6, 6.07) is 4.76. The van der Waals surface area contributed by atoms with Crippen LogP contribution < -0.4 is 0 Å². The zero-order chi connectivity index (χ0) is 28.2. The van der Waals surface area contributed by atoms with Gasteiger partial charge in [0, 0.05) is 29.9 Å². The molecule has 0 bridgehead atoms. The number of likely N-dealkylation sites (tertiary alicyclic amines) is 1. The number of halogens is 2. The van der Waals surface area contributed by atoms with Crippen molar-refractivity contribution < 1.29 is 19.0 Å². The normalized spacial score (nSPS) is 18.6. The lowest BCUT2D eigenvalue weighted by Crippen LogP contribution is -2.35. The number of aromatic nitrogens is 3. The Bertz CT molecular complexity index is 1410. The van der Waals surface area contributed by atoms with Crippen LogP contribution in [0.4, 0.5) is 10.2 Å². The summed E-state index contributed by atoms with van der Waals surface area (Å²) in [5.74, 6) is 0.549. The highest BCUT2D eigenvalue weighted by Gasteiger charge is 2.27. The van der Waals surface area contributed by atoms with Crippen LogP contribution >= 0.6 is 22.9 Å². The van der Waals surface area contributed by atoms with Gasteiger partial charge in [-0.25, -0.2) is 24.1 Å². The lowest BCUT2D eigenvalue weighted by Gasteiger charge is -2.32. The Kier molecular flexibility index (Phi) is 9.10. The summed E-state index contributed by atoms with van der Waals surface area (Å²) in [6.07, 6.45) is 5.65. The zero-order valence-electron chi connectivity index (χ0n) is 22.5. The van der Waals surface area contributed by atoms with E-state index in [1.165, 1.54) is 12.1 Å². The highest BCUT2D eigenvalue weighted by atomic mass is 35.5. The van der Waals surface area contributed by atoms with Gasteiger partial charge in [-0.15, -0.1) is 11.3 Å². The van der Waals surface area contributed by atoms with Crippen LogP contribution in [0.2, 0.25) is 5.02 Å². The van der Waals surface area contributed by atoms with Crippen LogP contribution in [0, 0.1) is 18.7 Å². The maximum Gasteiger partial charge on any atom is 0.354 e. The maximum absolute atomic E-state index is 14.2. The average molecular weight is 586 g/mol. The Balaban J connectivity index is 1.20. The number of benzene rings is 1. The van der Waals surface area contributed by atoms with E-state index in [4.69, 9.17) is 26.3 Å². The van der Waals surface area contributed by atoms with Gasteiger partial charge in [-0.3, -0.25) is 4.90 Å². The predicted molar refractivity (Wildman–Crippen MR) is 154 cm³/mol. The van der Waals surface area contributed by atoms with E-state index in [-0.39, 0.29) is 17.6 Å². The van der Waals surface area contributed by atoms with Crippen LogP contribution in [-0.2, 0) is 35.5 Å². The molecule has 40 heavy (non-hydrogen) atoms. The molecule has 2 aromatic heterocycles. The first-order valence-electron chi connectivity index (χ1n) is 13.5. The number of aryl methyl sites for hydroxylation is 1. The van der Waals surface area contributed by atoms with E-state index in [1.807, 2.05) is 16.9 Å². The topological polar surface area (TPSA) is 92.8 Å². The van der Waals surface area contributed by atoms with Gasteiger partial charge in [0.05, 0.1) is 30.6 Å². The third kappa shape index (κ3) is 6.86. The molecular formula is C29H33ClFN5O3S. The molecule has 0 radical (unpaired) electrons. The van der Waals surface area contributed by atoms with E-state index in [0.717, 1.165) is 68.5 Å². The molecule has 0 amide bonds. The van der Waals surface area contributed by atoms with E-state index < -0.39 is 5.97 Å². The fourth-order valence-corrected chi connectivity index (χ4v) is 6.19. The Morgan fingerprint density at radius 2 is 2.10 bits per heavy atom. The van der Waals surface area contributed by atoms with Crippen molar-refractivity contribution in [3.8, 4) is 0 Å². The third-order valence-electron chi connectivity index (χ3n) is 7.53. The summed E-state index contributed by atoms with van der Waals surface area (Å²) in [6.45, 7) is 9.53. The van der Waals surface area contributed by atoms with Crippen molar-refractivity contribution in [2.75, 3.05) is 19.7 Å². The van der Waals surface area contributed by atoms with Crippen LogP contribution in [0.15, 0.2) is 41.2 Å². The van der Waals surface area contributed by atoms with Gasteiger partial charge in [-0.05, 0) is 69.0 Å². The molecule has 2 aliphatic heterocycles. The summed E-state index contributed by atoms with van der Waals surface area (Å²) in [5.41, 5.74) is 2.08. The quantitative estimate of drug-likeness (QED) is 0.294. The minimum atomic E-state index is -1.11. The lowest BCUT2D eigenvalue weighted by molar-refractivity contribution is -0.129. The number of aliphatic carboxylic acids is 1. The SMILES string of the molecule is C=C/C(=N\c1c(C)nc(CC2CCN(Cc3nc(Cc4ccc(Cl)cc4F)cs3)CC2)n1C[C@@H]1CCO1)C(=O)O. The highest BCUT2D eigenvalue weighted by molar-refractivity contribution is 7.09. The third-order valence-corrected chi connectivity index (χ3v) is 8.65. The first-order valence-corrected chi connectivity index (χ1v) is 14.8. The maximum atomic E-state index is 14.2. The fraction of sp³-hybridized carbons (Fsp3) is 0.448. The molecule has 212 valence electrons. The summed E-state index contributed by atoms with van der Waals surface area (Å²) < 4.78 is 21.9. The summed E-state index contributed by atoms with van der Waals surface area (Å²) in [4.78, 5) is 27.9. The van der Waals surface area contributed by atoms with E-state index >= 15 is 0 Å². The van der Waals surface area contributed by atoms with Crippen molar-refractivity contribution in [2.24, 2.45) is 10.9 Å². The van der Waals surface area contributed by atoms with Gasteiger partial charge in [0.2, 0.25) is 0 Å². The van der Waals surface area contributed by atoms with Crippen molar-refractivity contribution in [3.63, 3.8) is 0 Å². The number of nitrogens with zero attached hydrogens (tertiary/aromatic N) is 5. The summed E-state index contributed by atoms with van der Waals surface area (Å²) in [7, 11) is 0. The van der Waals surface area contributed by atoms with Gasteiger partial charge in [0.1, 0.15) is 22.4 Å². The number of rotatable bonds is 11. The molecule has 11 heteroatoms. The number of thiazole rings is 1. The van der Waals surface area contributed by atoms with Crippen LogP contribution in [-0.4, -0.2) is 62.0 Å². The molecule has 4 heterocycles. The Labute approximate surface area is 242 Å². The smallest absolute Gasteiger partial charge is 0.354 e. The van der Waals surface area contributed by atoms with Gasteiger partial charge in [0.15, 0.2) is 5.82 Å². The monoisotopic (exact) mass is 585 g/mol. The van der Waals surface area contributed by atoms with Crippen molar-refractivity contribution in [2.45, 2.75) is 58.2 Å². The predicted octanol–water partition coefficient (Wildman–Crippen LogP) is 5.62. The molecule has 2 fully saturated rings. The second-order valence-electron chi connectivity index (χ2n) is 10.4. The van der Waals surface area contributed by atoms with Crippen LogP contribution in [0.5, 0.6) is 0 Å². The number of piperidine rings is 1. The zero-order valence-corrected chi connectivity index (χ0v) is 24.1. The second-order valence-corrected chi connectivity index (χ2v) is 11.8. The molecular weight excluding hydrogens is 553 g/mol. The molecule has 1 aromatic carbocycles. The number of hydrogen-bond donors (Lipinski definition) is 1. The molecule has 1 atom stereocenters. The van der Waals surface area contributed by atoms with E-state index in [1.54, 1.807) is 23.5 Å². The van der Waals surface area contributed by atoms with Gasteiger partial charge in [-0.2, -0.15) is 0 Å². The Morgan fingerprint density at radius 1 is 1.32 bits per heavy atom. The van der Waals surface area contributed by atoms with Crippen molar-refractivity contribution in [1.82, 2.24) is 19.4 Å². The van der Waals surface area contributed by atoms with Crippen LogP contribution in [0.1, 0.15) is 47.0 Å². The molecule has 3 aromatic rings. The van der Waals surface area contributed by atoms with E-state index in [2.05, 4.69) is 16.5 Å². The van der Waals surface area contributed by atoms with Gasteiger partial charge in [0.25, 0.3) is 0 Å². The van der Waals surface area contributed by atoms with Crippen molar-refractivity contribution in [3.05, 3.63) is 74.9 Å². The van der Waals surface area contributed by atoms with E-state index in [0.29, 0.717) is 41.0 Å². The van der Waals surface area contributed by atoms with Crippen molar-refractivity contribution in [1.29, 1.82) is 0 Å². The standard InChI is InChI=1S/C29H33ClFN5O3S/c1-3-25(29(37)38)34-28-18(2)32-26(36(28)15-23-8-11-39-23)12-19-6-9-35(10-7-19)16-27-33-22(17-40-27)13-20-4-5-21(30)14-24(20)31/h3-5,14,17,19,23H,1,6-13,15-16H2,2H3,(H,37,38)/b34-25+/t23-/m0/s1. The minimum Gasteiger partial charge on any atom is -0.477 e. The molecule has 2 saturated heterocycles. The summed E-state index contributed by atoms with van der Waals surface area (Å²) in [5, 5.41) is 12.9. The number of aliphatic imine (C=N–C) groups is 1. The van der Waals surface area contributed by atoms with Crippen LogP contribution in [0.25, 0.3) is 0 Å². The van der Waals surface area contributed by atoms with Gasteiger partial charge in [-0.1, -0.05) is 24.2 Å². The minimum absolute atomic E-state index is 0.0951. The number of carboxylic acids is 1. The number of carboxylic acid groups (broad SMARTS) is 1. The molecule has 0 unspecified atom stereocenters. The van der Waals surface area contributed by atoms with E-state index in [9.17, 15) is 14.3 Å². The number of hydrogen-bond acceptors (Lipinski definition) is 7. The number of ether oxygens (including phenoxy) is 1. The largest absolute Gasteiger partial charge is 0.477 e. The molecule has 8 nitrogen and oxygen atoms in total. The Hall–Kier alpha value is -2.92. The number of imidazole rings is 1. The first-order chi connectivity index (χ1) is 19.3. The van der Waals surface area contributed by atoms with Gasteiger partial charge < -0.3 is 14.4 Å². The molecule has 2 aliphatic rings. The fourth-order valence-electron chi connectivity index (χ4n) is 5.20. The summed E-state index contributed by atoms with van der Waals surface area (Å²) >= 11 is 7.48. The Morgan fingerprint density at radius 3 is 2.75 bits per heavy atom. The second kappa shape index (κ2) is 12.7. The number of carbonyl (C=O) groups is 1. The molecule has 1 N–H and O–H groups in total.